The minimum atomic E-state index is -0.584. The van der Waals surface area contributed by atoms with E-state index >= 15 is 0 Å². The van der Waals surface area contributed by atoms with Crippen molar-refractivity contribution in [3.63, 3.8) is 0 Å². The maximum Gasteiger partial charge on any atom is 0.373 e. The number of likely N-dealkylation sites (N-methyl/N-ethyl adjacent to an activating group) is 1. The Morgan fingerprint density at radius 3 is 2.58 bits per heavy atom. The molecule has 0 aliphatic rings. The van der Waals surface area contributed by atoms with Gasteiger partial charge in [-0.2, -0.15) is 0 Å². The molecular formula is C19H29BBrN3O2. The summed E-state index contributed by atoms with van der Waals surface area (Å²) in [5, 5.41) is 13.5. The molecule has 5 nitrogen and oxygen atoms in total. The Hall–Kier alpha value is -1.31. The Labute approximate surface area is 164 Å². The first-order valence-electron chi connectivity index (χ1n) is 9.23. The molecule has 3 N–H and O–H groups in total. The van der Waals surface area contributed by atoms with Crippen LogP contribution in [-0.4, -0.2) is 47.5 Å². The summed E-state index contributed by atoms with van der Waals surface area (Å²) in [5.41, 5.74) is 2.62. The normalized spacial score (nSPS) is 11.8. The Morgan fingerprint density at radius 2 is 2.00 bits per heavy atom. The van der Waals surface area contributed by atoms with Gasteiger partial charge in [-0.3, -0.25) is 4.79 Å². The highest BCUT2D eigenvalue weighted by atomic mass is 79.9. The Morgan fingerprint density at radius 1 is 1.35 bits per heavy atom. The minimum absolute atomic E-state index is 0.147. The van der Waals surface area contributed by atoms with Gasteiger partial charge in [0.1, 0.15) is 0 Å². The summed E-state index contributed by atoms with van der Waals surface area (Å²) in [6.07, 6.45) is 0.777. The lowest BCUT2D eigenvalue weighted by molar-refractivity contribution is -0.135. The number of nitrogens with zero attached hydrogens (tertiary/aromatic N) is 1. The summed E-state index contributed by atoms with van der Waals surface area (Å²) in [5.74, 6) is 0.147. The zero-order chi connectivity index (χ0) is 19.5. The van der Waals surface area contributed by atoms with Crippen LogP contribution in [0.5, 0.6) is 0 Å². The van der Waals surface area contributed by atoms with Crippen molar-refractivity contribution in [3.8, 4) is 0 Å². The number of carbonyl (C=O) groups excluding carboxylic acids is 1. The van der Waals surface area contributed by atoms with Gasteiger partial charge in [-0.05, 0) is 86.7 Å². The van der Waals surface area contributed by atoms with E-state index in [0.717, 1.165) is 33.1 Å². The van der Waals surface area contributed by atoms with E-state index in [1.54, 1.807) is 6.82 Å². The SMILES string of the molecule is CCN(CC)C(=O)C(C)(C)c1ccc2[nH]c(Br)c(CCNB(C)O)c2c1. The molecule has 0 radical (unpaired) electrons. The van der Waals surface area contributed by atoms with Crippen LogP contribution in [0.3, 0.4) is 0 Å². The molecule has 1 aromatic carbocycles. The van der Waals surface area contributed by atoms with Crippen LogP contribution in [0.2, 0.25) is 6.82 Å². The first-order chi connectivity index (χ1) is 12.2. The number of rotatable bonds is 8. The molecule has 0 saturated heterocycles. The second kappa shape index (κ2) is 8.59. The summed E-state index contributed by atoms with van der Waals surface area (Å²) in [6, 6.07) is 6.19. The lowest BCUT2D eigenvalue weighted by Gasteiger charge is -2.31. The third-order valence-corrected chi connectivity index (χ3v) is 5.65. The van der Waals surface area contributed by atoms with Crippen molar-refractivity contribution in [1.82, 2.24) is 15.1 Å². The molecule has 0 atom stereocenters. The quantitative estimate of drug-likeness (QED) is 0.572. The molecular weight excluding hydrogens is 393 g/mol. The largest absolute Gasteiger partial charge is 0.437 e. The van der Waals surface area contributed by atoms with E-state index in [2.05, 4.69) is 32.2 Å². The van der Waals surface area contributed by atoms with Crippen molar-refractivity contribution in [3.05, 3.63) is 33.9 Å². The average molecular weight is 422 g/mol. The van der Waals surface area contributed by atoms with Crippen LogP contribution in [0.15, 0.2) is 22.8 Å². The van der Waals surface area contributed by atoms with Crippen LogP contribution in [0.25, 0.3) is 10.9 Å². The number of nitrogens with one attached hydrogen (secondary N) is 2. The van der Waals surface area contributed by atoms with Gasteiger partial charge in [-0.25, -0.2) is 0 Å². The van der Waals surface area contributed by atoms with E-state index in [1.165, 1.54) is 0 Å². The monoisotopic (exact) mass is 421 g/mol. The van der Waals surface area contributed by atoms with Crippen LogP contribution in [0.1, 0.15) is 38.8 Å². The van der Waals surface area contributed by atoms with Gasteiger partial charge < -0.3 is 20.1 Å². The van der Waals surface area contributed by atoms with E-state index in [4.69, 9.17) is 0 Å². The summed E-state index contributed by atoms with van der Waals surface area (Å²) in [6.45, 7) is 11.8. The maximum atomic E-state index is 13.0. The summed E-state index contributed by atoms with van der Waals surface area (Å²) < 4.78 is 0.949. The number of fused-ring (bicyclic) bond motifs is 1. The van der Waals surface area contributed by atoms with E-state index in [0.29, 0.717) is 19.6 Å². The number of aromatic amines is 1. The summed E-state index contributed by atoms with van der Waals surface area (Å²) >= 11 is 3.61. The van der Waals surface area contributed by atoms with Crippen LogP contribution in [-0.2, 0) is 16.6 Å². The van der Waals surface area contributed by atoms with E-state index in [9.17, 15) is 9.82 Å². The number of aromatic nitrogens is 1. The molecule has 2 rings (SSSR count). The van der Waals surface area contributed by atoms with E-state index < -0.39 is 12.5 Å². The number of benzene rings is 1. The molecule has 2 aromatic rings. The summed E-state index contributed by atoms with van der Waals surface area (Å²) in [7, 11) is -0.528. The van der Waals surface area contributed by atoms with Gasteiger partial charge in [0.15, 0.2) is 0 Å². The smallest absolute Gasteiger partial charge is 0.373 e. The van der Waals surface area contributed by atoms with Crippen molar-refractivity contribution < 1.29 is 9.82 Å². The molecule has 0 aliphatic heterocycles. The van der Waals surface area contributed by atoms with Gasteiger partial charge in [0.05, 0.1) is 10.0 Å². The molecule has 0 bridgehead atoms. The fourth-order valence-electron chi connectivity index (χ4n) is 3.28. The van der Waals surface area contributed by atoms with Crippen molar-refractivity contribution in [2.75, 3.05) is 19.6 Å². The predicted octanol–water partition coefficient (Wildman–Crippen LogP) is 3.32. The topological polar surface area (TPSA) is 68.4 Å². The van der Waals surface area contributed by atoms with E-state index in [1.807, 2.05) is 44.7 Å². The molecule has 0 unspecified atom stereocenters. The Bertz CT molecular complexity index is 769. The lowest BCUT2D eigenvalue weighted by Crippen LogP contribution is -2.43. The predicted molar refractivity (Wildman–Crippen MR) is 112 cm³/mol. The Kier molecular flexibility index (Phi) is 6.94. The highest BCUT2D eigenvalue weighted by molar-refractivity contribution is 9.10. The third-order valence-electron chi connectivity index (χ3n) is 4.98. The van der Waals surface area contributed by atoms with Crippen molar-refractivity contribution in [2.24, 2.45) is 0 Å². The molecule has 7 heteroatoms. The number of halogens is 1. The Balaban J connectivity index is 2.39. The average Bonchev–Trinajstić information content (AvgIpc) is 2.90. The molecule has 142 valence electrons. The number of hydrogen-bond acceptors (Lipinski definition) is 3. The van der Waals surface area contributed by atoms with Crippen molar-refractivity contribution in [1.29, 1.82) is 0 Å². The molecule has 0 saturated carbocycles. The van der Waals surface area contributed by atoms with Gasteiger partial charge in [-0.1, -0.05) is 6.07 Å². The highest BCUT2D eigenvalue weighted by Gasteiger charge is 2.33. The number of amides is 1. The second-order valence-electron chi connectivity index (χ2n) is 7.16. The summed E-state index contributed by atoms with van der Waals surface area (Å²) in [4.78, 5) is 18.2. The number of carbonyl (C=O) groups is 1. The molecule has 0 spiro atoms. The minimum Gasteiger partial charge on any atom is -0.437 e. The molecule has 1 amide bonds. The van der Waals surface area contributed by atoms with Crippen LogP contribution in [0.4, 0.5) is 0 Å². The van der Waals surface area contributed by atoms with Gasteiger partial charge in [0.2, 0.25) is 5.91 Å². The van der Waals surface area contributed by atoms with E-state index in [-0.39, 0.29) is 5.91 Å². The molecule has 1 aromatic heterocycles. The van der Waals surface area contributed by atoms with Crippen LogP contribution in [0, 0.1) is 0 Å². The van der Waals surface area contributed by atoms with Gasteiger partial charge in [0, 0.05) is 24.0 Å². The third kappa shape index (κ3) is 4.33. The molecule has 1 heterocycles. The zero-order valence-corrected chi connectivity index (χ0v) is 17.9. The zero-order valence-electron chi connectivity index (χ0n) is 16.3. The number of H-pyrrole nitrogens is 1. The fourth-order valence-corrected chi connectivity index (χ4v) is 3.91. The van der Waals surface area contributed by atoms with Gasteiger partial charge >= 0.3 is 7.05 Å². The maximum absolute atomic E-state index is 13.0. The first kappa shape index (κ1) is 21.0. The second-order valence-corrected chi connectivity index (χ2v) is 7.95. The fraction of sp³-hybridized carbons (Fsp3) is 0.526. The lowest BCUT2D eigenvalue weighted by atomic mass is 9.82. The van der Waals surface area contributed by atoms with Crippen molar-refractivity contribution in [2.45, 2.75) is 46.4 Å². The standard InChI is InChI=1S/C19H29BBrN3O2/c1-6-24(7-2)18(25)19(3,4)13-8-9-16-15(12-13)14(17(21)23-16)10-11-22-20(5)26/h8-9,12,22-23,26H,6-7,10-11H2,1-5H3. The van der Waals surface area contributed by atoms with Crippen LogP contribution >= 0.6 is 15.9 Å². The molecule has 0 aliphatic carbocycles. The number of hydrogen-bond donors (Lipinski definition) is 3. The molecule has 26 heavy (non-hydrogen) atoms. The highest BCUT2D eigenvalue weighted by Crippen LogP contribution is 2.33. The van der Waals surface area contributed by atoms with Crippen molar-refractivity contribution >= 4 is 39.8 Å². The molecule has 0 fully saturated rings. The van der Waals surface area contributed by atoms with Gasteiger partial charge in [0.25, 0.3) is 0 Å². The first-order valence-corrected chi connectivity index (χ1v) is 10.0. The van der Waals surface area contributed by atoms with Crippen LogP contribution < -0.4 is 5.23 Å². The van der Waals surface area contributed by atoms with Gasteiger partial charge in [-0.15, -0.1) is 0 Å².